The number of nitrogens with zero attached hydrogens (tertiary/aromatic N) is 2. The Kier molecular flexibility index (Phi) is 3.98. The maximum Gasteiger partial charge on any atom is 0.223 e. The Morgan fingerprint density at radius 2 is 1.71 bits per heavy atom. The molecule has 2 aliphatic rings. The van der Waals surface area contributed by atoms with Crippen LogP contribution in [0.1, 0.15) is 44.9 Å². The first kappa shape index (κ1) is 18.6. The summed E-state index contributed by atoms with van der Waals surface area (Å²) >= 11 is 0. The first-order valence-electron chi connectivity index (χ1n) is 11.1. The summed E-state index contributed by atoms with van der Waals surface area (Å²) < 4.78 is 12.7. The van der Waals surface area contributed by atoms with Crippen LogP contribution < -0.4 is 4.90 Å². The highest BCUT2D eigenvalue weighted by atomic mass is 16.4. The zero-order valence-electron chi connectivity index (χ0n) is 17.9. The van der Waals surface area contributed by atoms with Crippen LogP contribution in [0.3, 0.4) is 0 Å². The van der Waals surface area contributed by atoms with Gasteiger partial charge in [-0.2, -0.15) is 0 Å². The van der Waals surface area contributed by atoms with Gasteiger partial charge in [0.15, 0.2) is 5.88 Å². The number of furan rings is 2. The number of rotatable bonds is 3. The van der Waals surface area contributed by atoms with Crippen molar-refractivity contribution in [3.63, 3.8) is 0 Å². The number of carbonyl (C=O) groups excluding carboxylic acids is 1. The third kappa shape index (κ3) is 2.65. The molecule has 0 radical (unpaired) electrons. The van der Waals surface area contributed by atoms with Crippen molar-refractivity contribution in [1.29, 1.82) is 0 Å². The van der Waals surface area contributed by atoms with Gasteiger partial charge in [0.1, 0.15) is 23.0 Å². The number of para-hydroxylation sites is 2. The van der Waals surface area contributed by atoms with E-state index in [1.807, 2.05) is 43.3 Å². The molecule has 4 heterocycles. The maximum absolute atomic E-state index is 13.0. The Labute approximate surface area is 181 Å². The zero-order valence-corrected chi connectivity index (χ0v) is 17.9. The van der Waals surface area contributed by atoms with Crippen LogP contribution in [0.5, 0.6) is 0 Å². The lowest BCUT2D eigenvalue weighted by molar-refractivity contribution is -0.139. The van der Waals surface area contributed by atoms with Gasteiger partial charge < -0.3 is 18.6 Å². The third-order valence-corrected chi connectivity index (χ3v) is 7.19. The van der Waals surface area contributed by atoms with Crippen molar-refractivity contribution in [2.24, 2.45) is 0 Å². The summed E-state index contributed by atoms with van der Waals surface area (Å²) in [7, 11) is 0. The molecule has 2 saturated heterocycles. The number of anilines is 1. The van der Waals surface area contributed by atoms with E-state index in [0.29, 0.717) is 6.42 Å². The molecule has 2 aromatic carbocycles. The number of fused-ring (bicyclic) bond motifs is 4. The SMILES string of the molecule is CCC(=O)N1C2CCC1(C)C(c1cc3ccccc3o1)N(c1cc3ccccc3o1)C2. The van der Waals surface area contributed by atoms with Crippen molar-refractivity contribution in [3.05, 3.63) is 66.4 Å². The molecular formula is C26H26N2O3. The van der Waals surface area contributed by atoms with Crippen molar-refractivity contribution in [2.45, 2.75) is 50.7 Å². The molecule has 0 N–H and O–H groups in total. The zero-order chi connectivity index (χ0) is 21.2. The molecule has 2 aliphatic heterocycles. The minimum Gasteiger partial charge on any atom is -0.459 e. The summed E-state index contributed by atoms with van der Waals surface area (Å²) in [6.45, 7) is 4.91. The van der Waals surface area contributed by atoms with Gasteiger partial charge in [0.25, 0.3) is 0 Å². The van der Waals surface area contributed by atoms with E-state index in [-0.39, 0.29) is 23.5 Å². The van der Waals surface area contributed by atoms with Crippen LogP contribution in [0.2, 0.25) is 0 Å². The van der Waals surface area contributed by atoms with Gasteiger partial charge in [0.05, 0.1) is 11.6 Å². The van der Waals surface area contributed by atoms with Gasteiger partial charge in [-0.05, 0) is 38.0 Å². The molecule has 0 aliphatic carbocycles. The normalized spacial score (nSPS) is 25.6. The molecule has 0 saturated carbocycles. The summed E-state index contributed by atoms with van der Waals surface area (Å²) in [5, 5.41) is 2.17. The molecule has 0 spiro atoms. The van der Waals surface area contributed by atoms with Gasteiger partial charge in [0.2, 0.25) is 5.91 Å². The van der Waals surface area contributed by atoms with Crippen LogP contribution in [0.25, 0.3) is 21.9 Å². The van der Waals surface area contributed by atoms with Crippen LogP contribution in [-0.4, -0.2) is 28.9 Å². The highest BCUT2D eigenvalue weighted by molar-refractivity contribution is 5.83. The summed E-state index contributed by atoms with van der Waals surface area (Å²) in [5.41, 5.74) is 1.40. The molecule has 5 heteroatoms. The average Bonchev–Trinajstić information content (AvgIpc) is 3.46. The van der Waals surface area contributed by atoms with E-state index < -0.39 is 0 Å². The predicted octanol–water partition coefficient (Wildman–Crippen LogP) is 5.90. The summed E-state index contributed by atoms with van der Waals surface area (Å²) in [6.07, 6.45) is 2.46. The molecule has 31 heavy (non-hydrogen) atoms. The molecule has 2 fully saturated rings. The van der Waals surface area contributed by atoms with Gasteiger partial charge in [0, 0.05) is 29.8 Å². The summed E-state index contributed by atoms with van der Waals surface area (Å²) in [5.74, 6) is 1.95. The van der Waals surface area contributed by atoms with Gasteiger partial charge in [-0.3, -0.25) is 4.79 Å². The van der Waals surface area contributed by atoms with Crippen molar-refractivity contribution < 1.29 is 13.6 Å². The van der Waals surface area contributed by atoms with Crippen molar-refractivity contribution in [2.75, 3.05) is 11.4 Å². The summed E-state index contributed by atoms with van der Waals surface area (Å²) in [4.78, 5) is 17.5. The van der Waals surface area contributed by atoms with Crippen LogP contribution in [0, 0.1) is 0 Å². The Morgan fingerprint density at radius 3 is 2.39 bits per heavy atom. The minimum absolute atomic E-state index is 0.116. The second-order valence-corrected chi connectivity index (χ2v) is 9.03. The first-order valence-corrected chi connectivity index (χ1v) is 11.1. The molecule has 6 rings (SSSR count). The fourth-order valence-electron chi connectivity index (χ4n) is 5.82. The van der Waals surface area contributed by atoms with E-state index in [0.717, 1.165) is 53.0 Å². The molecule has 4 aromatic rings. The van der Waals surface area contributed by atoms with Crippen molar-refractivity contribution in [1.82, 2.24) is 4.90 Å². The monoisotopic (exact) mass is 414 g/mol. The Morgan fingerprint density at radius 1 is 1.03 bits per heavy atom. The standard InChI is InChI=1S/C26H26N2O3/c1-3-23(29)28-19-12-13-26(28,2)25(22-14-17-8-4-6-10-20(17)30-22)27(16-19)24-15-18-9-5-7-11-21(18)31-24/h4-11,14-15,19,25H,3,12-13,16H2,1-2H3. The minimum atomic E-state index is -0.358. The van der Waals surface area contributed by atoms with Crippen LogP contribution in [0.4, 0.5) is 5.88 Å². The molecule has 2 aromatic heterocycles. The Balaban J connectivity index is 1.53. The largest absolute Gasteiger partial charge is 0.459 e. The lowest BCUT2D eigenvalue weighted by atomic mass is 9.85. The van der Waals surface area contributed by atoms with Gasteiger partial charge >= 0.3 is 0 Å². The maximum atomic E-state index is 13.0. The first-order chi connectivity index (χ1) is 15.1. The quantitative estimate of drug-likeness (QED) is 0.419. The highest BCUT2D eigenvalue weighted by Gasteiger charge is 2.58. The molecule has 3 unspecified atom stereocenters. The number of carbonyl (C=O) groups is 1. The van der Waals surface area contributed by atoms with E-state index >= 15 is 0 Å². The molecule has 2 bridgehead atoms. The second-order valence-electron chi connectivity index (χ2n) is 9.03. The number of piperazine rings is 1. The topological polar surface area (TPSA) is 49.8 Å². The second kappa shape index (κ2) is 6.64. The lowest BCUT2D eigenvalue weighted by Gasteiger charge is -2.52. The fraction of sp³-hybridized carbons (Fsp3) is 0.346. The van der Waals surface area contributed by atoms with Crippen LogP contribution >= 0.6 is 0 Å². The fourth-order valence-corrected chi connectivity index (χ4v) is 5.82. The van der Waals surface area contributed by atoms with E-state index in [4.69, 9.17) is 8.83 Å². The predicted molar refractivity (Wildman–Crippen MR) is 121 cm³/mol. The van der Waals surface area contributed by atoms with E-state index in [9.17, 15) is 4.79 Å². The number of benzene rings is 2. The highest BCUT2D eigenvalue weighted by Crippen LogP contribution is 2.52. The summed E-state index contributed by atoms with van der Waals surface area (Å²) in [6, 6.07) is 20.5. The van der Waals surface area contributed by atoms with Gasteiger partial charge in [-0.1, -0.05) is 43.3 Å². The molecule has 5 nitrogen and oxygen atoms in total. The number of amides is 1. The smallest absolute Gasteiger partial charge is 0.223 e. The Bertz CT molecular complexity index is 1220. The van der Waals surface area contributed by atoms with Gasteiger partial charge in [-0.15, -0.1) is 0 Å². The van der Waals surface area contributed by atoms with E-state index in [1.165, 1.54) is 0 Å². The molecule has 158 valence electrons. The van der Waals surface area contributed by atoms with E-state index in [2.05, 4.69) is 41.0 Å². The molecular weight excluding hydrogens is 388 g/mol. The Hall–Kier alpha value is -3.21. The van der Waals surface area contributed by atoms with Crippen LogP contribution in [0.15, 0.2) is 69.5 Å². The average molecular weight is 415 g/mol. The lowest BCUT2D eigenvalue weighted by Crippen LogP contribution is -2.63. The van der Waals surface area contributed by atoms with Crippen LogP contribution in [-0.2, 0) is 4.79 Å². The third-order valence-electron chi connectivity index (χ3n) is 7.19. The van der Waals surface area contributed by atoms with Crippen molar-refractivity contribution in [3.8, 4) is 0 Å². The molecule has 1 amide bonds. The van der Waals surface area contributed by atoms with Crippen molar-refractivity contribution >= 4 is 33.7 Å². The number of hydrogen-bond acceptors (Lipinski definition) is 4. The number of hydrogen-bond donors (Lipinski definition) is 0. The van der Waals surface area contributed by atoms with E-state index in [1.54, 1.807) is 0 Å². The van der Waals surface area contributed by atoms with Gasteiger partial charge in [-0.25, -0.2) is 0 Å². The molecule has 3 atom stereocenters.